The summed E-state index contributed by atoms with van der Waals surface area (Å²) < 4.78 is 25.9. The van der Waals surface area contributed by atoms with Gasteiger partial charge in [-0.05, 0) is 18.2 Å². The fourth-order valence-corrected chi connectivity index (χ4v) is 2.00. The van der Waals surface area contributed by atoms with Gasteiger partial charge in [0.15, 0.2) is 0 Å². The number of carbonyl (C=O) groups is 1. The van der Waals surface area contributed by atoms with Crippen LogP contribution in [0, 0.1) is 0 Å². The molecule has 1 saturated heterocycles. The number of anilines is 2. The largest absolute Gasteiger partial charge is 0.399 e. The van der Waals surface area contributed by atoms with Crippen molar-refractivity contribution >= 4 is 17.3 Å². The maximum atomic E-state index is 13.0. The first-order chi connectivity index (χ1) is 8.49. The molecule has 0 aromatic heterocycles. The molecule has 6 heteroatoms. The fourth-order valence-electron chi connectivity index (χ4n) is 2.00. The number of amides is 1. The van der Waals surface area contributed by atoms with Crippen molar-refractivity contribution in [1.82, 2.24) is 4.90 Å². The number of hydrogen-bond donors (Lipinski definition) is 1. The van der Waals surface area contributed by atoms with E-state index in [1.165, 1.54) is 6.07 Å². The van der Waals surface area contributed by atoms with Crippen LogP contribution >= 0.6 is 0 Å². The van der Waals surface area contributed by atoms with Crippen molar-refractivity contribution in [3.05, 3.63) is 23.8 Å². The van der Waals surface area contributed by atoms with E-state index < -0.39 is 6.43 Å². The first kappa shape index (κ1) is 12.6. The number of likely N-dealkylation sites (N-methyl/N-ethyl adjacent to an activating group) is 1. The highest BCUT2D eigenvalue weighted by atomic mass is 19.3. The topological polar surface area (TPSA) is 49.6 Å². The van der Waals surface area contributed by atoms with Gasteiger partial charge in [0, 0.05) is 37.1 Å². The van der Waals surface area contributed by atoms with Crippen molar-refractivity contribution in [3.63, 3.8) is 0 Å². The molecule has 1 amide bonds. The summed E-state index contributed by atoms with van der Waals surface area (Å²) in [5, 5.41) is 0. The van der Waals surface area contributed by atoms with Crippen LogP contribution in [0.3, 0.4) is 0 Å². The lowest BCUT2D eigenvalue weighted by Gasteiger charge is -2.34. The van der Waals surface area contributed by atoms with E-state index >= 15 is 0 Å². The summed E-state index contributed by atoms with van der Waals surface area (Å²) >= 11 is 0. The molecule has 1 aliphatic rings. The van der Waals surface area contributed by atoms with Crippen LogP contribution < -0.4 is 10.6 Å². The van der Waals surface area contributed by atoms with Gasteiger partial charge >= 0.3 is 0 Å². The molecule has 0 saturated carbocycles. The molecule has 1 aliphatic heterocycles. The summed E-state index contributed by atoms with van der Waals surface area (Å²) in [6.07, 6.45) is -2.60. The first-order valence-electron chi connectivity index (χ1n) is 5.65. The van der Waals surface area contributed by atoms with Gasteiger partial charge < -0.3 is 15.5 Å². The summed E-state index contributed by atoms with van der Waals surface area (Å²) in [5.74, 6) is -0.0710. The van der Waals surface area contributed by atoms with Gasteiger partial charge in [-0.1, -0.05) is 0 Å². The average Bonchev–Trinajstić information content (AvgIpc) is 2.32. The highest BCUT2D eigenvalue weighted by Gasteiger charge is 2.25. The van der Waals surface area contributed by atoms with Crippen LogP contribution in [0.25, 0.3) is 0 Å². The Hall–Kier alpha value is -1.85. The van der Waals surface area contributed by atoms with E-state index in [0.717, 1.165) is 0 Å². The number of piperazine rings is 1. The van der Waals surface area contributed by atoms with Crippen molar-refractivity contribution in [1.29, 1.82) is 0 Å². The monoisotopic (exact) mass is 255 g/mol. The van der Waals surface area contributed by atoms with E-state index in [-0.39, 0.29) is 18.0 Å². The zero-order valence-corrected chi connectivity index (χ0v) is 10.1. The normalized spacial score (nSPS) is 16.6. The summed E-state index contributed by atoms with van der Waals surface area (Å²) in [6.45, 7) is 1.21. The number of hydrogen-bond acceptors (Lipinski definition) is 3. The van der Waals surface area contributed by atoms with Crippen LogP contribution in [0.5, 0.6) is 0 Å². The second-order valence-corrected chi connectivity index (χ2v) is 4.36. The Kier molecular flexibility index (Phi) is 3.36. The Labute approximate surface area is 104 Å². The van der Waals surface area contributed by atoms with Crippen LogP contribution in [0.2, 0.25) is 0 Å². The molecule has 1 fully saturated rings. The molecule has 0 aliphatic carbocycles. The van der Waals surface area contributed by atoms with Crippen LogP contribution in [0.4, 0.5) is 20.2 Å². The molecular weight excluding hydrogens is 240 g/mol. The molecule has 2 rings (SSSR count). The van der Waals surface area contributed by atoms with Crippen molar-refractivity contribution in [2.24, 2.45) is 0 Å². The maximum Gasteiger partial charge on any atom is 0.265 e. The summed E-state index contributed by atoms with van der Waals surface area (Å²) in [5.41, 5.74) is 6.09. The first-order valence-corrected chi connectivity index (χ1v) is 5.65. The van der Waals surface area contributed by atoms with Crippen molar-refractivity contribution < 1.29 is 13.6 Å². The van der Waals surface area contributed by atoms with Gasteiger partial charge in [0.25, 0.3) is 6.43 Å². The third-order valence-corrected chi connectivity index (χ3v) is 3.08. The van der Waals surface area contributed by atoms with Crippen LogP contribution in [0.15, 0.2) is 18.2 Å². The quantitative estimate of drug-likeness (QED) is 0.814. The SMILES string of the molecule is CN1CCN(c2ccc(N)cc2C(F)F)CC1=O. The number of alkyl halides is 2. The average molecular weight is 255 g/mol. The minimum atomic E-state index is -2.60. The smallest absolute Gasteiger partial charge is 0.265 e. The van der Waals surface area contributed by atoms with Gasteiger partial charge in [-0.25, -0.2) is 8.78 Å². The minimum absolute atomic E-state index is 0.0710. The van der Waals surface area contributed by atoms with E-state index in [0.29, 0.717) is 24.5 Å². The molecule has 18 heavy (non-hydrogen) atoms. The van der Waals surface area contributed by atoms with E-state index in [2.05, 4.69) is 0 Å². The third kappa shape index (κ3) is 2.37. The molecule has 0 unspecified atom stereocenters. The lowest BCUT2D eigenvalue weighted by Crippen LogP contribution is -2.48. The Bertz CT molecular complexity index is 465. The molecule has 0 bridgehead atoms. The van der Waals surface area contributed by atoms with Crippen LogP contribution in [-0.2, 0) is 4.79 Å². The summed E-state index contributed by atoms with van der Waals surface area (Å²) in [4.78, 5) is 14.9. The number of nitrogen functional groups attached to an aromatic ring is 1. The predicted molar refractivity (Wildman–Crippen MR) is 65.7 cm³/mol. The van der Waals surface area contributed by atoms with Crippen LogP contribution in [-0.4, -0.2) is 37.5 Å². The van der Waals surface area contributed by atoms with E-state index in [4.69, 9.17) is 5.73 Å². The van der Waals surface area contributed by atoms with Gasteiger partial charge in [-0.2, -0.15) is 0 Å². The van der Waals surface area contributed by atoms with Crippen LogP contribution in [0.1, 0.15) is 12.0 Å². The van der Waals surface area contributed by atoms with E-state index in [1.807, 2.05) is 0 Å². The summed E-state index contributed by atoms with van der Waals surface area (Å²) in [6, 6.07) is 4.39. The molecule has 4 nitrogen and oxygen atoms in total. The predicted octanol–water partition coefficient (Wildman–Crippen LogP) is 1.48. The molecule has 2 N–H and O–H groups in total. The van der Waals surface area contributed by atoms with Gasteiger partial charge in [-0.3, -0.25) is 4.79 Å². The van der Waals surface area contributed by atoms with Gasteiger partial charge in [-0.15, -0.1) is 0 Å². The maximum absolute atomic E-state index is 13.0. The zero-order chi connectivity index (χ0) is 13.3. The number of carbonyl (C=O) groups excluding carboxylic acids is 1. The summed E-state index contributed by atoms with van der Waals surface area (Å²) in [7, 11) is 1.71. The standard InChI is InChI=1S/C12H15F2N3O/c1-16-4-5-17(7-11(16)18)10-3-2-8(15)6-9(10)12(13)14/h2-3,6,12H,4-5,7,15H2,1H3. The molecule has 0 radical (unpaired) electrons. The van der Waals surface area contributed by atoms with E-state index in [9.17, 15) is 13.6 Å². The Morgan fingerprint density at radius 3 is 2.67 bits per heavy atom. The number of halogens is 2. The fraction of sp³-hybridized carbons (Fsp3) is 0.417. The lowest BCUT2D eigenvalue weighted by atomic mass is 10.1. The second-order valence-electron chi connectivity index (χ2n) is 4.36. The lowest BCUT2D eigenvalue weighted by molar-refractivity contribution is -0.129. The molecule has 0 atom stereocenters. The molecule has 1 aromatic rings. The number of benzene rings is 1. The molecule has 1 aromatic carbocycles. The highest BCUT2D eigenvalue weighted by Crippen LogP contribution is 2.32. The highest BCUT2D eigenvalue weighted by molar-refractivity contribution is 5.83. The van der Waals surface area contributed by atoms with Crippen molar-refractivity contribution in [2.45, 2.75) is 6.43 Å². The zero-order valence-electron chi connectivity index (χ0n) is 10.1. The van der Waals surface area contributed by atoms with E-state index in [1.54, 1.807) is 29.0 Å². The molecule has 1 heterocycles. The number of nitrogens with zero attached hydrogens (tertiary/aromatic N) is 2. The Morgan fingerprint density at radius 2 is 2.06 bits per heavy atom. The van der Waals surface area contributed by atoms with Crippen molar-refractivity contribution in [3.8, 4) is 0 Å². The van der Waals surface area contributed by atoms with Gasteiger partial charge in [0.1, 0.15) is 0 Å². The Morgan fingerprint density at radius 1 is 1.33 bits per heavy atom. The van der Waals surface area contributed by atoms with Crippen molar-refractivity contribution in [2.75, 3.05) is 37.3 Å². The third-order valence-electron chi connectivity index (χ3n) is 3.08. The number of rotatable bonds is 2. The second kappa shape index (κ2) is 4.80. The van der Waals surface area contributed by atoms with Gasteiger partial charge in [0.05, 0.1) is 6.54 Å². The number of nitrogens with two attached hydrogens (primary N) is 1. The molecule has 0 spiro atoms. The van der Waals surface area contributed by atoms with Gasteiger partial charge in [0.2, 0.25) is 5.91 Å². The molecular formula is C12H15F2N3O. The Balaban J connectivity index is 2.30. The molecule has 98 valence electrons. The minimum Gasteiger partial charge on any atom is -0.399 e.